The van der Waals surface area contributed by atoms with E-state index in [4.69, 9.17) is 10.2 Å². The average molecular weight is 244 g/mol. The van der Waals surface area contributed by atoms with Gasteiger partial charge < -0.3 is 10.2 Å². The van der Waals surface area contributed by atoms with Crippen LogP contribution in [0.3, 0.4) is 0 Å². The molecule has 0 aliphatic heterocycles. The first-order chi connectivity index (χ1) is 6.18. The molecule has 0 saturated carbocycles. The predicted octanol–water partition coefficient (Wildman–Crippen LogP) is 0.475. The van der Waals surface area contributed by atoms with Crippen molar-refractivity contribution in [1.82, 2.24) is 14.6 Å². The Morgan fingerprint density at radius 1 is 1.38 bits per heavy atom. The van der Waals surface area contributed by atoms with Crippen LogP contribution in [0, 0.1) is 0 Å². The van der Waals surface area contributed by atoms with Crippen LogP contribution in [-0.2, 0) is 0 Å². The fraction of sp³-hybridized carbons (Fsp3) is 0.143. The number of rotatable bonds is 1. The van der Waals surface area contributed by atoms with Crippen molar-refractivity contribution in [2.24, 2.45) is 0 Å². The normalized spacial score (nSPS) is 11.4. The van der Waals surface area contributed by atoms with Crippen LogP contribution >= 0.6 is 15.9 Å². The number of aliphatic hydroxyl groups excluding tert-OH is 1. The van der Waals surface area contributed by atoms with E-state index >= 15 is 0 Å². The van der Waals surface area contributed by atoms with Crippen molar-refractivity contribution < 1.29 is 10.2 Å². The Morgan fingerprint density at radius 2 is 2.15 bits per heavy atom. The van der Waals surface area contributed by atoms with Crippen molar-refractivity contribution in [1.29, 1.82) is 0 Å². The zero-order valence-electron chi connectivity index (χ0n) is 6.42. The molecule has 2 N–H and O–H groups in total. The standard InChI is InChI=1S/C7H6BrN3O2/c8-4-1-9-6-5(7(12)13)2-10-11(6)3-4/h1-3,7,12-13H. The van der Waals surface area contributed by atoms with Gasteiger partial charge in [-0.3, -0.25) is 0 Å². The van der Waals surface area contributed by atoms with Crippen LogP contribution in [0.4, 0.5) is 0 Å². The summed E-state index contributed by atoms with van der Waals surface area (Å²) in [6, 6.07) is 0. The molecule has 13 heavy (non-hydrogen) atoms. The highest BCUT2D eigenvalue weighted by Gasteiger charge is 2.11. The molecule has 2 aromatic rings. The molecule has 2 aromatic heterocycles. The lowest BCUT2D eigenvalue weighted by atomic mass is 10.3. The van der Waals surface area contributed by atoms with Crippen LogP contribution < -0.4 is 0 Å². The minimum absolute atomic E-state index is 0.299. The number of fused-ring (bicyclic) bond motifs is 1. The molecule has 0 bridgehead atoms. The minimum Gasteiger partial charge on any atom is -0.364 e. The number of aliphatic hydroxyl groups is 2. The van der Waals surface area contributed by atoms with Crippen LogP contribution in [-0.4, -0.2) is 24.8 Å². The van der Waals surface area contributed by atoms with Gasteiger partial charge in [0.25, 0.3) is 0 Å². The largest absolute Gasteiger partial charge is 0.364 e. The second-order valence-corrected chi connectivity index (χ2v) is 3.43. The fourth-order valence-electron chi connectivity index (χ4n) is 1.05. The maximum absolute atomic E-state index is 8.93. The van der Waals surface area contributed by atoms with Crippen molar-refractivity contribution in [2.75, 3.05) is 0 Å². The van der Waals surface area contributed by atoms with Crippen LogP contribution in [0.5, 0.6) is 0 Å². The smallest absolute Gasteiger partial charge is 0.183 e. The summed E-state index contributed by atoms with van der Waals surface area (Å²) in [6.45, 7) is 0. The Bertz CT molecular complexity index is 440. The van der Waals surface area contributed by atoms with E-state index in [2.05, 4.69) is 26.0 Å². The maximum atomic E-state index is 8.93. The summed E-state index contributed by atoms with van der Waals surface area (Å²) in [5, 5.41) is 21.8. The van der Waals surface area contributed by atoms with Gasteiger partial charge in [0.2, 0.25) is 0 Å². The minimum atomic E-state index is -1.54. The Hall–Kier alpha value is -0.980. The topological polar surface area (TPSA) is 70.7 Å². The van der Waals surface area contributed by atoms with Gasteiger partial charge in [0.05, 0.1) is 16.2 Å². The summed E-state index contributed by atoms with van der Waals surface area (Å²) in [5.74, 6) is 0. The molecular formula is C7H6BrN3O2. The first kappa shape index (κ1) is 8.61. The summed E-state index contributed by atoms with van der Waals surface area (Å²) in [4.78, 5) is 4.00. The van der Waals surface area contributed by atoms with Crippen molar-refractivity contribution in [3.8, 4) is 0 Å². The molecule has 0 atom stereocenters. The molecule has 6 heteroatoms. The lowest BCUT2D eigenvalue weighted by Gasteiger charge is -1.99. The molecule has 0 aliphatic rings. The van der Waals surface area contributed by atoms with Crippen molar-refractivity contribution in [2.45, 2.75) is 6.29 Å². The molecule has 0 radical (unpaired) electrons. The molecule has 2 rings (SSSR count). The molecule has 5 nitrogen and oxygen atoms in total. The zero-order chi connectivity index (χ0) is 9.42. The van der Waals surface area contributed by atoms with Crippen LogP contribution in [0.1, 0.15) is 11.9 Å². The van der Waals surface area contributed by atoms with Gasteiger partial charge in [-0.1, -0.05) is 0 Å². The fourth-order valence-corrected chi connectivity index (χ4v) is 1.35. The summed E-state index contributed by atoms with van der Waals surface area (Å²) in [6.07, 6.45) is 3.10. The molecular weight excluding hydrogens is 238 g/mol. The molecule has 0 amide bonds. The highest BCUT2D eigenvalue weighted by atomic mass is 79.9. The summed E-state index contributed by atoms with van der Waals surface area (Å²) in [5.41, 5.74) is 0.741. The van der Waals surface area contributed by atoms with Crippen LogP contribution in [0.2, 0.25) is 0 Å². The van der Waals surface area contributed by atoms with E-state index < -0.39 is 6.29 Å². The first-order valence-electron chi connectivity index (χ1n) is 3.53. The molecule has 0 spiro atoms. The molecule has 0 aliphatic carbocycles. The number of hydrogen-bond acceptors (Lipinski definition) is 4. The second-order valence-electron chi connectivity index (χ2n) is 2.51. The van der Waals surface area contributed by atoms with E-state index in [0.717, 1.165) is 4.47 Å². The maximum Gasteiger partial charge on any atom is 0.183 e. The van der Waals surface area contributed by atoms with E-state index in [1.54, 1.807) is 12.4 Å². The molecule has 0 saturated heterocycles. The van der Waals surface area contributed by atoms with E-state index in [9.17, 15) is 0 Å². The van der Waals surface area contributed by atoms with E-state index in [1.165, 1.54) is 10.7 Å². The van der Waals surface area contributed by atoms with Gasteiger partial charge >= 0.3 is 0 Å². The number of halogens is 1. The van der Waals surface area contributed by atoms with Crippen molar-refractivity contribution in [3.05, 3.63) is 28.6 Å². The highest BCUT2D eigenvalue weighted by Crippen LogP contribution is 2.16. The Balaban J connectivity index is 2.69. The SMILES string of the molecule is OC(O)c1cnn2cc(Br)cnc12. The van der Waals surface area contributed by atoms with E-state index in [-0.39, 0.29) is 0 Å². The number of nitrogens with zero attached hydrogens (tertiary/aromatic N) is 3. The monoisotopic (exact) mass is 243 g/mol. The number of aromatic nitrogens is 3. The Morgan fingerprint density at radius 3 is 2.85 bits per heavy atom. The Kier molecular flexibility index (Phi) is 2.03. The predicted molar refractivity (Wildman–Crippen MR) is 47.9 cm³/mol. The lowest BCUT2D eigenvalue weighted by Crippen LogP contribution is -1.96. The van der Waals surface area contributed by atoms with Gasteiger partial charge in [-0.25, -0.2) is 9.50 Å². The van der Waals surface area contributed by atoms with Gasteiger partial charge in [-0.05, 0) is 15.9 Å². The summed E-state index contributed by atoms with van der Waals surface area (Å²) < 4.78 is 2.25. The van der Waals surface area contributed by atoms with E-state index in [0.29, 0.717) is 11.2 Å². The van der Waals surface area contributed by atoms with Gasteiger partial charge in [-0.15, -0.1) is 0 Å². The average Bonchev–Trinajstić information content (AvgIpc) is 2.46. The third-order valence-electron chi connectivity index (χ3n) is 1.63. The van der Waals surface area contributed by atoms with Gasteiger partial charge in [0.15, 0.2) is 11.9 Å². The first-order valence-corrected chi connectivity index (χ1v) is 4.32. The third kappa shape index (κ3) is 1.43. The highest BCUT2D eigenvalue weighted by molar-refractivity contribution is 9.10. The number of hydrogen-bond donors (Lipinski definition) is 2. The van der Waals surface area contributed by atoms with Crippen molar-refractivity contribution >= 4 is 21.6 Å². The van der Waals surface area contributed by atoms with Crippen molar-refractivity contribution in [3.63, 3.8) is 0 Å². The zero-order valence-corrected chi connectivity index (χ0v) is 8.01. The van der Waals surface area contributed by atoms with E-state index in [1.807, 2.05) is 0 Å². The Labute approximate surface area is 81.8 Å². The van der Waals surface area contributed by atoms with Crippen LogP contribution in [0.15, 0.2) is 23.1 Å². The quantitative estimate of drug-likeness (QED) is 0.715. The van der Waals surface area contributed by atoms with Crippen LogP contribution in [0.25, 0.3) is 5.65 Å². The molecule has 0 aromatic carbocycles. The molecule has 0 unspecified atom stereocenters. The van der Waals surface area contributed by atoms with Gasteiger partial charge in [0, 0.05) is 12.4 Å². The van der Waals surface area contributed by atoms with Gasteiger partial charge in [0.1, 0.15) is 0 Å². The molecule has 68 valence electrons. The second kappa shape index (κ2) is 3.06. The molecule has 2 heterocycles. The molecule has 0 fully saturated rings. The summed E-state index contributed by atoms with van der Waals surface area (Å²) in [7, 11) is 0. The summed E-state index contributed by atoms with van der Waals surface area (Å²) >= 11 is 3.23. The lowest BCUT2D eigenvalue weighted by molar-refractivity contribution is -0.0414. The van der Waals surface area contributed by atoms with Gasteiger partial charge in [-0.2, -0.15) is 5.10 Å². The third-order valence-corrected chi connectivity index (χ3v) is 2.04.